The van der Waals surface area contributed by atoms with E-state index in [4.69, 9.17) is 17.3 Å². The second-order valence-electron chi connectivity index (χ2n) is 3.04. The summed E-state index contributed by atoms with van der Waals surface area (Å²) in [6.45, 7) is 2.04. The van der Waals surface area contributed by atoms with Gasteiger partial charge in [0.05, 0.1) is 5.69 Å². The molecule has 2 rings (SSSR count). The molecule has 0 aliphatic carbocycles. The van der Waals surface area contributed by atoms with Gasteiger partial charge in [0.1, 0.15) is 0 Å². The lowest BCUT2D eigenvalue weighted by Gasteiger charge is -1.95. The standard InChI is InChI=1S/C10H10ClNS/c1-6-10(12)8-3-2-7(5-11)4-9(8)13-6/h2-4H,5,12H2,1H3. The first kappa shape index (κ1) is 8.85. The highest BCUT2D eigenvalue weighted by Crippen LogP contribution is 2.33. The minimum absolute atomic E-state index is 0.562. The Bertz CT molecular complexity index is 447. The van der Waals surface area contributed by atoms with Crippen LogP contribution in [0.4, 0.5) is 5.69 Å². The lowest BCUT2D eigenvalue weighted by Crippen LogP contribution is -1.83. The van der Waals surface area contributed by atoms with Crippen LogP contribution in [-0.2, 0) is 5.88 Å². The maximum Gasteiger partial charge on any atom is 0.0532 e. The predicted molar refractivity (Wildman–Crippen MR) is 60.5 cm³/mol. The van der Waals surface area contributed by atoms with E-state index in [0.29, 0.717) is 5.88 Å². The van der Waals surface area contributed by atoms with Gasteiger partial charge in [-0.2, -0.15) is 0 Å². The molecule has 2 aromatic rings. The summed E-state index contributed by atoms with van der Waals surface area (Å²) in [7, 11) is 0. The molecule has 1 heterocycles. The van der Waals surface area contributed by atoms with Gasteiger partial charge >= 0.3 is 0 Å². The van der Waals surface area contributed by atoms with Crippen molar-refractivity contribution in [1.82, 2.24) is 0 Å². The van der Waals surface area contributed by atoms with E-state index in [1.54, 1.807) is 11.3 Å². The van der Waals surface area contributed by atoms with Crippen LogP contribution in [-0.4, -0.2) is 0 Å². The summed E-state index contributed by atoms with van der Waals surface area (Å²) in [4.78, 5) is 1.18. The topological polar surface area (TPSA) is 26.0 Å². The Morgan fingerprint density at radius 1 is 1.46 bits per heavy atom. The Hall–Kier alpha value is -0.730. The fraction of sp³-hybridized carbons (Fsp3) is 0.200. The molecule has 13 heavy (non-hydrogen) atoms. The van der Waals surface area contributed by atoms with Crippen molar-refractivity contribution < 1.29 is 0 Å². The third-order valence-corrected chi connectivity index (χ3v) is 3.53. The van der Waals surface area contributed by atoms with Crippen molar-refractivity contribution in [2.75, 3.05) is 5.73 Å². The SMILES string of the molecule is Cc1sc2cc(CCl)ccc2c1N. The highest BCUT2D eigenvalue weighted by Gasteiger charge is 2.05. The summed E-state index contributed by atoms with van der Waals surface area (Å²) < 4.78 is 1.23. The third-order valence-electron chi connectivity index (χ3n) is 2.13. The van der Waals surface area contributed by atoms with E-state index >= 15 is 0 Å². The molecule has 0 atom stereocenters. The summed E-state index contributed by atoms with van der Waals surface area (Å²) in [5.74, 6) is 0.562. The molecule has 0 spiro atoms. The monoisotopic (exact) mass is 211 g/mol. The summed E-state index contributed by atoms with van der Waals surface area (Å²) in [6.07, 6.45) is 0. The van der Waals surface area contributed by atoms with Crippen LogP contribution in [0, 0.1) is 6.92 Å². The Labute approximate surface area is 86.1 Å². The average Bonchev–Trinajstić information content (AvgIpc) is 2.42. The molecule has 1 aromatic heterocycles. The summed E-state index contributed by atoms with van der Waals surface area (Å²) >= 11 is 7.47. The van der Waals surface area contributed by atoms with E-state index in [1.807, 2.05) is 19.1 Å². The Morgan fingerprint density at radius 3 is 2.92 bits per heavy atom. The molecule has 1 nitrogen and oxygen atoms in total. The van der Waals surface area contributed by atoms with Crippen molar-refractivity contribution in [2.45, 2.75) is 12.8 Å². The second-order valence-corrected chi connectivity index (χ2v) is 4.56. The van der Waals surface area contributed by atoms with Crippen LogP contribution in [0.25, 0.3) is 10.1 Å². The number of hydrogen-bond donors (Lipinski definition) is 1. The van der Waals surface area contributed by atoms with Crippen molar-refractivity contribution in [3.8, 4) is 0 Å². The minimum atomic E-state index is 0.562. The van der Waals surface area contributed by atoms with Crippen LogP contribution >= 0.6 is 22.9 Å². The van der Waals surface area contributed by atoms with E-state index in [9.17, 15) is 0 Å². The Morgan fingerprint density at radius 2 is 2.23 bits per heavy atom. The molecule has 0 aliphatic heterocycles. The molecule has 0 fully saturated rings. The van der Waals surface area contributed by atoms with Gasteiger partial charge < -0.3 is 5.73 Å². The number of thiophene rings is 1. The first-order chi connectivity index (χ1) is 6.22. The van der Waals surface area contributed by atoms with Crippen LogP contribution in [0.2, 0.25) is 0 Å². The van der Waals surface area contributed by atoms with Gasteiger partial charge in [-0.25, -0.2) is 0 Å². The first-order valence-corrected chi connectivity index (χ1v) is 5.41. The molecule has 0 saturated carbocycles. The minimum Gasteiger partial charge on any atom is -0.397 e. The molecule has 68 valence electrons. The number of anilines is 1. The highest BCUT2D eigenvalue weighted by atomic mass is 35.5. The number of halogens is 1. The van der Waals surface area contributed by atoms with Gasteiger partial charge in [0.2, 0.25) is 0 Å². The molecule has 3 heteroatoms. The van der Waals surface area contributed by atoms with Gasteiger partial charge in [0, 0.05) is 20.8 Å². The van der Waals surface area contributed by atoms with Gasteiger partial charge in [-0.3, -0.25) is 0 Å². The second kappa shape index (κ2) is 3.20. The molecular weight excluding hydrogens is 202 g/mol. The van der Waals surface area contributed by atoms with Gasteiger partial charge in [-0.05, 0) is 18.6 Å². The number of hydrogen-bond acceptors (Lipinski definition) is 2. The number of alkyl halides is 1. The highest BCUT2D eigenvalue weighted by molar-refractivity contribution is 7.19. The van der Waals surface area contributed by atoms with Gasteiger partial charge in [0.15, 0.2) is 0 Å². The zero-order valence-corrected chi connectivity index (χ0v) is 8.88. The first-order valence-electron chi connectivity index (χ1n) is 4.06. The molecule has 0 radical (unpaired) electrons. The number of nitrogen functional groups attached to an aromatic ring is 1. The molecule has 0 unspecified atom stereocenters. The van der Waals surface area contributed by atoms with Gasteiger partial charge in [-0.1, -0.05) is 12.1 Å². The zero-order valence-electron chi connectivity index (χ0n) is 7.30. The van der Waals surface area contributed by atoms with E-state index in [1.165, 1.54) is 9.58 Å². The fourth-order valence-corrected chi connectivity index (χ4v) is 2.58. The van der Waals surface area contributed by atoms with Crippen molar-refractivity contribution in [3.63, 3.8) is 0 Å². The van der Waals surface area contributed by atoms with Crippen LogP contribution in [0.3, 0.4) is 0 Å². The molecule has 0 bridgehead atoms. The average molecular weight is 212 g/mol. The smallest absolute Gasteiger partial charge is 0.0532 e. The summed E-state index contributed by atoms with van der Waals surface area (Å²) in [5, 5.41) is 1.15. The normalized spacial score (nSPS) is 10.9. The zero-order chi connectivity index (χ0) is 9.42. The van der Waals surface area contributed by atoms with Crippen molar-refractivity contribution in [2.24, 2.45) is 0 Å². The maximum absolute atomic E-state index is 5.91. The maximum atomic E-state index is 5.91. The number of rotatable bonds is 1. The van der Waals surface area contributed by atoms with Gasteiger partial charge in [0.25, 0.3) is 0 Å². The van der Waals surface area contributed by atoms with Crippen molar-refractivity contribution in [3.05, 3.63) is 28.6 Å². The van der Waals surface area contributed by atoms with Crippen LogP contribution in [0.1, 0.15) is 10.4 Å². The van der Waals surface area contributed by atoms with E-state index < -0.39 is 0 Å². The van der Waals surface area contributed by atoms with Crippen LogP contribution in [0.5, 0.6) is 0 Å². The van der Waals surface area contributed by atoms with E-state index in [-0.39, 0.29) is 0 Å². The number of fused-ring (bicyclic) bond motifs is 1. The number of benzene rings is 1. The lowest BCUT2D eigenvalue weighted by molar-refractivity contribution is 1.43. The predicted octanol–water partition coefficient (Wildman–Crippen LogP) is 3.53. The van der Waals surface area contributed by atoms with Crippen molar-refractivity contribution >= 4 is 38.7 Å². The van der Waals surface area contributed by atoms with E-state index in [0.717, 1.165) is 16.6 Å². The van der Waals surface area contributed by atoms with Gasteiger partial charge in [-0.15, -0.1) is 22.9 Å². The summed E-state index contributed by atoms with van der Waals surface area (Å²) in [5.41, 5.74) is 7.96. The molecule has 0 aliphatic rings. The lowest BCUT2D eigenvalue weighted by atomic mass is 10.2. The molecule has 0 amide bonds. The van der Waals surface area contributed by atoms with Crippen LogP contribution < -0.4 is 5.73 Å². The number of nitrogens with two attached hydrogens (primary N) is 1. The quantitative estimate of drug-likeness (QED) is 0.718. The van der Waals surface area contributed by atoms with Crippen LogP contribution in [0.15, 0.2) is 18.2 Å². The largest absolute Gasteiger partial charge is 0.397 e. The van der Waals surface area contributed by atoms with Crippen molar-refractivity contribution in [1.29, 1.82) is 0 Å². The molecule has 1 aromatic carbocycles. The Kier molecular flexibility index (Phi) is 2.18. The number of aryl methyl sites for hydroxylation is 1. The molecule has 2 N–H and O–H groups in total. The molecule has 0 saturated heterocycles. The van der Waals surface area contributed by atoms with E-state index in [2.05, 4.69) is 6.07 Å². The Balaban J connectivity index is 2.73. The third kappa shape index (κ3) is 1.40. The summed E-state index contributed by atoms with van der Waals surface area (Å²) in [6, 6.07) is 6.18. The molecular formula is C10H10ClNS. The fourth-order valence-electron chi connectivity index (χ4n) is 1.37.